The molecular formula is C18H14Cl3N3O2. The maximum atomic E-state index is 11.9. The first kappa shape index (κ1) is 18.6. The smallest absolute Gasteiger partial charge is 0.277 e. The number of nitrogens with zero attached hydrogens (tertiary/aromatic N) is 2. The molecule has 1 heterocycles. The second kappa shape index (κ2) is 7.99. The molecule has 0 aliphatic heterocycles. The first-order valence-electron chi connectivity index (χ1n) is 7.59. The van der Waals surface area contributed by atoms with Gasteiger partial charge in [-0.25, -0.2) is 5.43 Å². The van der Waals surface area contributed by atoms with Crippen LogP contribution < -0.4 is 10.2 Å². The topological polar surface area (TPSA) is 55.6 Å². The quantitative estimate of drug-likeness (QED) is 0.491. The molecule has 0 unspecified atom stereocenters. The van der Waals surface area contributed by atoms with Gasteiger partial charge in [-0.3, -0.25) is 4.79 Å². The van der Waals surface area contributed by atoms with Crippen LogP contribution >= 0.6 is 34.8 Å². The van der Waals surface area contributed by atoms with Gasteiger partial charge in [-0.1, -0.05) is 53.0 Å². The molecule has 0 saturated heterocycles. The van der Waals surface area contributed by atoms with Crippen LogP contribution in [-0.2, 0) is 11.8 Å². The number of hydrazone groups is 1. The molecule has 134 valence electrons. The molecule has 0 atom stereocenters. The molecule has 0 spiro atoms. The third kappa shape index (κ3) is 4.12. The molecule has 2 aromatic carbocycles. The van der Waals surface area contributed by atoms with Crippen molar-refractivity contribution in [2.75, 3.05) is 6.61 Å². The number of benzene rings is 2. The Labute approximate surface area is 165 Å². The van der Waals surface area contributed by atoms with Crippen LogP contribution in [0.15, 0.2) is 47.7 Å². The number of fused-ring (bicyclic) bond motifs is 1. The van der Waals surface area contributed by atoms with E-state index in [9.17, 15) is 4.79 Å². The molecule has 5 nitrogen and oxygen atoms in total. The molecule has 0 fully saturated rings. The molecule has 0 aliphatic carbocycles. The van der Waals surface area contributed by atoms with Crippen molar-refractivity contribution in [3.63, 3.8) is 0 Å². The van der Waals surface area contributed by atoms with Crippen LogP contribution in [0.4, 0.5) is 0 Å². The van der Waals surface area contributed by atoms with Gasteiger partial charge < -0.3 is 9.30 Å². The minimum Gasteiger partial charge on any atom is -0.481 e. The van der Waals surface area contributed by atoms with Crippen molar-refractivity contribution < 1.29 is 9.53 Å². The number of ether oxygens (including phenoxy) is 1. The molecule has 0 radical (unpaired) electrons. The lowest BCUT2D eigenvalue weighted by molar-refractivity contribution is -0.123. The van der Waals surface area contributed by atoms with Crippen LogP contribution in [0.5, 0.6) is 5.75 Å². The van der Waals surface area contributed by atoms with Crippen molar-refractivity contribution in [1.29, 1.82) is 0 Å². The lowest BCUT2D eigenvalue weighted by Gasteiger charge is -2.09. The second-order valence-corrected chi connectivity index (χ2v) is 6.74. The summed E-state index contributed by atoms with van der Waals surface area (Å²) in [6.45, 7) is -0.284. The molecule has 3 rings (SSSR count). The third-order valence-corrected chi connectivity index (χ3v) is 4.41. The van der Waals surface area contributed by atoms with Gasteiger partial charge in [-0.05, 0) is 18.2 Å². The highest BCUT2D eigenvalue weighted by Gasteiger charge is 2.11. The second-order valence-electron chi connectivity index (χ2n) is 5.49. The van der Waals surface area contributed by atoms with Crippen molar-refractivity contribution in [3.05, 3.63) is 63.2 Å². The number of carbonyl (C=O) groups excluding carboxylic acids is 1. The molecule has 26 heavy (non-hydrogen) atoms. The van der Waals surface area contributed by atoms with E-state index in [-0.39, 0.29) is 22.4 Å². The molecule has 1 aromatic heterocycles. The van der Waals surface area contributed by atoms with Crippen LogP contribution in [0.25, 0.3) is 10.9 Å². The SMILES string of the molecule is Cn1cc(/C=N/NC(=O)COc2c(Cl)cc(Cl)cc2Cl)c2ccccc21. The fourth-order valence-electron chi connectivity index (χ4n) is 2.49. The van der Waals surface area contributed by atoms with Gasteiger partial charge in [0, 0.05) is 34.7 Å². The molecular weight excluding hydrogens is 397 g/mol. The fourth-order valence-corrected chi connectivity index (χ4v) is 3.41. The number of amides is 1. The highest BCUT2D eigenvalue weighted by Crippen LogP contribution is 2.35. The van der Waals surface area contributed by atoms with Crippen molar-refractivity contribution in [3.8, 4) is 5.75 Å². The third-order valence-electron chi connectivity index (χ3n) is 3.63. The number of aryl methyl sites for hydroxylation is 1. The largest absolute Gasteiger partial charge is 0.481 e. The first-order valence-corrected chi connectivity index (χ1v) is 8.72. The number of hydrogen-bond acceptors (Lipinski definition) is 3. The van der Waals surface area contributed by atoms with Crippen molar-refractivity contribution >= 4 is 57.8 Å². The van der Waals surface area contributed by atoms with E-state index < -0.39 is 5.91 Å². The van der Waals surface area contributed by atoms with Gasteiger partial charge in [-0.2, -0.15) is 5.10 Å². The summed E-state index contributed by atoms with van der Waals surface area (Å²) in [5.41, 5.74) is 4.39. The van der Waals surface area contributed by atoms with Gasteiger partial charge in [0.05, 0.1) is 16.3 Å². The molecule has 1 amide bonds. The van der Waals surface area contributed by atoms with Crippen LogP contribution in [-0.4, -0.2) is 23.3 Å². The summed E-state index contributed by atoms with van der Waals surface area (Å²) >= 11 is 17.8. The predicted molar refractivity (Wildman–Crippen MR) is 106 cm³/mol. The Kier molecular flexibility index (Phi) is 5.71. The highest BCUT2D eigenvalue weighted by molar-refractivity contribution is 6.40. The van der Waals surface area contributed by atoms with E-state index >= 15 is 0 Å². The van der Waals surface area contributed by atoms with Gasteiger partial charge >= 0.3 is 0 Å². The number of carbonyl (C=O) groups is 1. The standard InChI is InChI=1S/C18H14Cl3N3O2/c1-24-9-11(13-4-2-3-5-16(13)24)8-22-23-17(25)10-26-18-14(20)6-12(19)7-15(18)21/h2-9H,10H2,1H3,(H,23,25)/b22-8+. The Balaban J connectivity index is 1.61. The number of aromatic nitrogens is 1. The highest BCUT2D eigenvalue weighted by atomic mass is 35.5. The van der Waals surface area contributed by atoms with E-state index in [0.717, 1.165) is 16.5 Å². The first-order chi connectivity index (χ1) is 12.5. The van der Waals surface area contributed by atoms with Gasteiger partial charge in [0.2, 0.25) is 0 Å². The van der Waals surface area contributed by atoms with E-state index in [2.05, 4.69) is 10.5 Å². The Morgan fingerprint density at radius 1 is 1.23 bits per heavy atom. The Hall–Kier alpha value is -2.21. The lowest BCUT2D eigenvalue weighted by Crippen LogP contribution is -2.24. The van der Waals surface area contributed by atoms with Gasteiger partial charge in [0.1, 0.15) is 0 Å². The molecule has 8 heteroatoms. The van der Waals surface area contributed by atoms with Crippen molar-refractivity contribution in [1.82, 2.24) is 9.99 Å². The summed E-state index contributed by atoms with van der Waals surface area (Å²) in [5, 5.41) is 5.86. The van der Waals surface area contributed by atoms with E-state index in [1.807, 2.05) is 42.1 Å². The summed E-state index contributed by atoms with van der Waals surface area (Å²) < 4.78 is 7.34. The number of nitrogens with one attached hydrogen (secondary N) is 1. The summed E-state index contributed by atoms with van der Waals surface area (Å²) in [5.74, 6) is -0.241. The average molecular weight is 411 g/mol. The molecule has 3 aromatic rings. The maximum absolute atomic E-state index is 11.9. The lowest BCUT2D eigenvalue weighted by atomic mass is 10.2. The molecule has 0 bridgehead atoms. The molecule has 0 saturated carbocycles. The Morgan fingerprint density at radius 3 is 2.65 bits per heavy atom. The predicted octanol–water partition coefficient (Wildman–Crippen LogP) is 4.67. The van der Waals surface area contributed by atoms with Crippen molar-refractivity contribution in [2.45, 2.75) is 0 Å². The maximum Gasteiger partial charge on any atom is 0.277 e. The zero-order valence-electron chi connectivity index (χ0n) is 13.7. The minimum absolute atomic E-state index is 0.200. The van der Waals surface area contributed by atoms with Gasteiger partial charge in [0.15, 0.2) is 12.4 Å². The monoisotopic (exact) mass is 409 g/mol. The Morgan fingerprint density at radius 2 is 1.92 bits per heavy atom. The number of halogens is 3. The number of rotatable bonds is 5. The fraction of sp³-hybridized carbons (Fsp3) is 0.111. The zero-order chi connectivity index (χ0) is 18.7. The van der Waals surface area contributed by atoms with Crippen LogP contribution in [0.3, 0.4) is 0 Å². The molecule has 1 N–H and O–H groups in total. The van der Waals surface area contributed by atoms with Gasteiger partial charge in [0.25, 0.3) is 5.91 Å². The van der Waals surface area contributed by atoms with Gasteiger partial charge in [-0.15, -0.1) is 0 Å². The normalized spacial score (nSPS) is 11.2. The van der Waals surface area contributed by atoms with Crippen LogP contribution in [0.1, 0.15) is 5.56 Å². The summed E-state index contributed by atoms with van der Waals surface area (Å²) in [6, 6.07) is 10.9. The van der Waals surface area contributed by atoms with Crippen LogP contribution in [0.2, 0.25) is 15.1 Å². The van der Waals surface area contributed by atoms with Crippen molar-refractivity contribution in [2.24, 2.45) is 12.1 Å². The van der Waals surface area contributed by atoms with Crippen LogP contribution in [0, 0.1) is 0 Å². The number of para-hydroxylation sites is 1. The van der Waals surface area contributed by atoms with E-state index in [0.29, 0.717) is 5.02 Å². The van der Waals surface area contributed by atoms with E-state index in [1.54, 1.807) is 6.21 Å². The number of hydrogen-bond donors (Lipinski definition) is 1. The molecule has 0 aliphatic rings. The summed E-state index contributed by atoms with van der Waals surface area (Å²) in [4.78, 5) is 11.9. The average Bonchev–Trinajstić information content (AvgIpc) is 2.90. The van der Waals surface area contributed by atoms with E-state index in [4.69, 9.17) is 39.5 Å². The minimum atomic E-state index is -0.441. The summed E-state index contributed by atoms with van der Waals surface area (Å²) in [7, 11) is 1.95. The Bertz CT molecular complexity index is 976. The van der Waals surface area contributed by atoms with E-state index in [1.165, 1.54) is 12.1 Å². The zero-order valence-corrected chi connectivity index (χ0v) is 15.9. The summed E-state index contributed by atoms with van der Waals surface area (Å²) in [6.07, 6.45) is 3.52.